The van der Waals surface area contributed by atoms with Crippen molar-refractivity contribution in [1.29, 1.82) is 0 Å². The minimum absolute atomic E-state index is 0.00490. The quantitative estimate of drug-likeness (QED) is 0.522. The van der Waals surface area contributed by atoms with Gasteiger partial charge < -0.3 is 15.1 Å². The molecule has 3 fully saturated rings. The Morgan fingerprint density at radius 2 is 2.04 bits per heavy atom. The summed E-state index contributed by atoms with van der Waals surface area (Å²) >= 11 is 0. The van der Waals surface area contributed by atoms with E-state index in [1.54, 1.807) is 5.48 Å². The Bertz CT molecular complexity index is 778. The molecule has 2 amide bonds. The zero-order chi connectivity index (χ0) is 18.6. The van der Waals surface area contributed by atoms with Gasteiger partial charge in [-0.05, 0) is 42.7 Å². The smallest absolute Gasteiger partial charge is 0.248 e. The van der Waals surface area contributed by atoms with Crippen LogP contribution < -0.4 is 15.7 Å². The van der Waals surface area contributed by atoms with Gasteiger partial charge in [-0.15, -0.1) is 0 Å². The van der Waals surface area contributed by atoms with Crippen molar-refractivity contribution < 1.29 is 14.8 Å². The summed E-state index contributed by atoms with van der Waals surface area (Å²) < 4.78 is 0. The van der Waals surface area contributed by atoms with Gasteiger partial charge in [0.15, 0.2) is 0 Å². The Morgan fingerprint density at radius 1 is 1.22 bits per heavy atom. The number of piperazine rings is 1. The molecule has 1 aromatic rings. The molecule has 0 aromatic heterocycles. The van der Waals surface area contributed by atoms with Crippen molar-refractivity contribution in [2.24, 2.45) is 11.3 Å². The summed E-state index contributed by atoms with van der Waals surface area (Å²) in [5, 5.41) is 12.5. The number of benzene rings is 1. The van der Waals surface area contributed by atoms with Crippen molar-refractivity contribution >= 4 is 17.5 Å². The number of carbonyl (C=O) groups excluding carboxylic acids is 2. The third kappa shape index (κ3) is 2.80. The van der Waals surface area contributed by atoms with E-state index in [1.165, 1.54) is 11.3 Å². The van der Waals surface area contributed by atoms with E-state index in [4.69, 9.17) is 5.21 Å². The molecule has 2 unspecified atom stereocenters. The fourth-order valence-electron chi connectivity index (χ4n) is 5.23. The lowest BCUT2D eigenvalue weighted by Crippen LogP contribution is -2.62. The van der Waals surface area contributed by atoms with E-state index in [-0.39, 0.29) is 11.3 Å². The summed E-state index contributed by atoms with van der Waals surface area (Å²) in [6, 6.07) is 8.22. The third-order valence-corrected chi connectivity index (χ3v) is 6.97. The number of amides is 2. The predicted molar refractivity (Wildman–Crippen MR) is 99.4 cm³/mol. The molecular formula is C20H26N4O3. The van der Waals surface area contributed by atoms with Crippen LogP contribution in [0, 0.1) is 11.3 Å². The lowest BCUT2D eigenvalue weighted by atomic mass is 9.81. The van der Waals surface area contributed by atoms with Gasteiger partial charge in [-0.2, -0.15) is 0 Å². The van der Waals surface area contributed by atoms with Crippen LogP contribution >= 0.6 is 0 Å². The van der Waals surface area contributed by atoms with Crippen LogP contribution in [0.4, 0.5) is 5.69 Å². The molecular weight excluding hydrogens is 344 g/mol. The van der Waals surface area contributed by atoms with Gasteiger partial charge in [-0.25, -0.2) is 5.48 Å². The molecule has 1 spiro atoms. The highest BCUT2D eigenvalue weighted by Gasteiger charge is 2.53. The maximum atomic E-state index is 13.3. The van der Waals surface area contributed by atoms with Crippen molar-refractivity contribution in [3.05, 3.63) is 29.8 Å². The first-order valence-corrected chi connectivity index (χ1v) is 9.91. The number of carbonyl (C=O) groups is 2. The molecule has 3 atom stereocenters. The molecule has 1 aromatic carbocycles. The van der Waals surface area contributed by atoms with Crippen LogP contribution in [0.5, 0.6) is 0 Å². The first-order valence-electron chi connectivity index (χ1n) is 9.91. The van der Waals surface area contributed by atoms with Gasteiger partial charge in [-0.1, -0.05) is 18.2 Å². The number of para-hydroxylation sites is 1. The van der Waals surface area contributed by atoms with Crippen molar-refractivity contribution in [3.8, 4) is 0 Å². The van der Waals surface area contributed by atoms with Crippen LogP contribution in [0.15, 0.2) is 24.3 Å². The molecule has 0 radical (unpaired) electrons. The number of hydrogen-bond donors (Lipinski definition) is 3. The van der Waals surface area contributed by atoms with E-state index in [0.29, 0.717) is 25.6 Å². The lowest BCUT2D eigenvalue weighted by molar-refractivity contribution is -0.145. The van der Waals surface area contributed by atoms with E-state index < -0.39 is 17.9 Å². The second kappa shape index (κ2) is 6.21. The van der Waals surface area contributed by atoms with Gasteiger partial charge in [0, 0.05) is 31.9 Å². The average molecular weight is 370 g/mol. The second-order valence-electron chi connectivity index (χ2n) is 8.61. The van der Waals surface area contributed by atoms with Crippen LogP contribution in [0.2, 0.25) is 0 Å². The van der Waals surface area contributed by atoms with E-state index in [0.717, 1.165) is 32.4 Å². The molecule has 1 aliphatic carbocycles. The monoisotopic (exact) mass is 370 g/mol. The van der Waals surface area contributed by atoms with Crippen LogP contribution in [0.1, 0.15) is 24.8 Å². The molecule has 144 valence electrons. The molecule has 2 saturated heterocycles. The number of piperidine rings is 1. The summed E-state index contributed by atoms with van der Waals surface area (Å²) in [5.74, 6) is -0.953. The molecule has 3 N–H and O–H groups in total. The summed E-state index contributed by atoms with van der Waals surface area (Å²) in [5.41, 5.74) is 4.57. The van der Waals surface area contributed by atoms with E-state index >= 15 is 0 Å². The van der Waals surface area contributed by atoms with E-state index in [2.05, 4.69) is 34.5 Å². The molecule has 27 heavy (non-hydrogen) atoms. The number of fused-ring (bicyclic) bond motifs is 3. The van der Waals surface area contributed by atoms with Crippen LogP contribution in [0.3, 0.4) is 0 Å². The summed E-state index contributed by atoms with van der Waals surface area (Å²) in [6.07, 6.45) is 3.82. The van der Waals surface area contributed by atoms with Gasteiger partial charge in [0.2, 0.25) is 11.8 Å². The highest BCUT2D eigenvalue weighted by Crippen LogP contribution is 2.52. The maximum Gasteiger partial charge on any atom is 0.248 e. The average Bonchev–Trinajstić information content (AvgIpc) is 3.35. The first-order chi connectivity index (χ1) is 13.1. The Balaban J connectivity index is 1.30. The summed E-state index contributed by atoms with van der Waals surface area (Å²) in [7, 11) is 0. The maximum absolute atomic E-state index is 13.3. The lowest BCUT2D eigenvalue weighted by Gasteiger charge is -2.43. The SMILES string of the molecule is O=C(NO)C1CC2(CC2)CNC1C(=O)N1CCN2c3ccccc3C[C@H]2C1. The van der Waals surface area contributed by atoms with Gasteiger partial charge >= 0.3 is 0 Å². The molecule has 4 aliphatic rings. The van der Waals surface area contributed by atoms with E-state index in [1.807, 2.05) is 4.90 Å². The predicted octanol–water partition coefficient (Wildman–Crippen LogP) is 0.524. The number of nitrogens with zero attached hydrogens (tertiary/aromatic N) is 2. The fraction of sp³-hybridized carbons (Fsp3) is 0.600. The first kappa shape index (κ1) is 17.0. The molecule has 1 saturated carbocycles. The number of nitrogens with one attached hydrogen (secondary N) is 2. The summed E-state index contributed by atoms with van der Waals surface area (Å²) in [4.78, 5) is 29.8. The highest BCUT2D eigenvalue weighted by molar-refractivity contribution is 5.90. The zero-order valence-electron chi connectivity index (χ0n) is 15.4. The Hall–Kier alpha value is -2.12. The summed E-state index contributed by atoms with van der Waals surface area (Å²) in [6.45, 7) is 2.96. The largest absolute Gasteiger partial charge is 0.364 e. The number of anilines is 1. The highest BCUT2D eigenvalue weighted by atomic mass is 16.5. The van der Waals surface area contributed by atoms with Gasteiger partial charge in [0.25, 0.3) is 0 Å². The van der Waals surface area contributed by atoms with Crippen molar-refractivity contribution in [1.82, 2.24) is 15.7 Å². The molecule has 3 aliphatic heterocycles. The van der Waals surface area contributed by atoms with Crippen LogP contribution in [-0.2, 0) is 16.0 Å². The van der Waals surface area contributed by atoms with Gasteiger partial charge in [-0.3, -0.25) is 14.8 Å². The molecule has 3 heterocycles. The second-order valence-corrected chi connectivity index (χ2v) is 8.61. The molecule has 7 nitrogen and oxygen atoms in total. The molecule has 7 heteroatoms. The molecule has 0 bridgehead atoms. The Labute approximate surface area is 158 Å². The standard InChI is InChI=1S/C20H26N4O3/c25-18(22-27)15-10-20(5-6-20)12-21-17(15)19(26)23-7-8-24-14(11-23)9-13-3-1-2-4-16(13)24/h1-4,14-15,17,21,27H,5-12H2,(H,22,25)/t14-,15?,17?/m0/s1. The Morgan fingerprint density at radius 3 is 2.81 bits per heavy atom. The van der Waals surface area contributed by atoms with Crippen molar-refractivity contribution in [2.45, 2.75) is 37.8 Å². The van der Waals surface area contributed by atoms with Crippen molar-refractivity contribution in [2.75, 3.05) is 31.1 Å². The zero-order valence-corrected chi connectivity index (χ0v) is 15.4. The minimum Gasteiger partial charge on any atom is -0.364 e. The normalized spacial score (nSPS) is 30.6. The number of hydroxylamine groups is 1. The van der Waals surface area contributed by atoms with E-state index in [9.17, 15) is 9.59 Å². The number of rotatable bonds is 2. The van der Waals surface area contributed by atoms with Gasteiger partial charge in [0.05, 0.1) is 18.0 Å². The fourth-order valence-corrected chi connectivity index (χ4v) is 5.23. The minimum atomic E-state index is -0.543. The third-order valence-electron chi connectivity index (χ3n) is 6.97. The van der Waals surface area contributed by atoms with Crippen LogP contribution in [0.25, 0.3) is 0 Å². The van der Waals surface area contributed by atoms with Gasteiger partial charge in [0.1, 0.15) is 0 Å². The van der Waals surface area contributed by atoms with Crippen molar-refractivity contribution in [3.63, 3.8) is 0 Å². The molecule has 5 rings (SSSR count). The van der Waals surface area contributed by atoms with Crippen LogP contribution in [-0.4, -0.2) is 60.2 Å². The topological polar surface area (TPSA) is 84.9 Å². The Kier molecular flexibility index (Phi) is 3.91. The number of hydrogen-bond acceptors (Lipinski definition) is 5.